The van der Waals surface area contributed by atoms with E-state index in [1.807, 2.05) is 6.07 Å². The van der Waals surface area contributed by atoms with Crippen LogP contribution in [0.15, 0.2) is 54.2 Å². The fourth-order valence-electron chi connectivity index (χ4n) is 4.10. The first kappa shape index (κ1) is 23.3. The van der Waals surface area contributed by atoms with Crippen molar-refractivity contribution in [2.75, 3.05) is 44.2 Å². The van der Waals surface area contributed by atoms with E-state index in [0.29, 0.717) is 18.0 Å². The van der Waals surface area contributed by atoms with Gasteiger partial charge in [0.05, 0.1) is 18.3 Å². The zero-order valence-corrected chi connectivity index (χ0v) is 20.2. The smallest absolute Gasteiger partial charge is 0.262 e. The molecule has 2 aromatic carbocycles. The molecule has 3 aromatic rings. The van der Waals surface area contributed by atoms with E-state index in [0.717, 1.165) is 44.9 Å². The van der Waals surface area contributed by atoms with Crippen molar-refractivity contribution in [2.24, 2.45) is 0 Å². The maximum absolute atomic E-state index is 11.9. The zero-order valence-electron chi connectivity index (χ0n) is 19.4. The van der Waals surface area contributed by atoms with Crippen LogP contribution in [0.5, 0.6) is 5.75 Å². The van der Waals surface area contributed by atoms with Crippen LogP contribution in [0.4, 0.5) is 5.69 Å². The van der Waals surface area contributed by atoms with Crippen LogP contribution in [0.1, 0.15) is 32.8 Å². The molecule has 1 N–H and O–H groups in total. The number of hydrogen-bond acceptors (Lipinski definition) is 6. The number of aromatic nitrogens is 1. The van der Waals surface area contributed by atoms with Gasteiger partial charge in [-0.15, -0.1) is 11.3 Å². The van der Waals surface area contributed by atoms with Crippen molar-refractivity contribution < 1.29 is 9.53 Å². The third kappa shape index (κ3) is 6.33. The minimum absolute atomic E-state index is 0.0721. The summed E-state index contributed by atoms with van der Waals surface area (Å²) in [4.78, 5) is 21.5. The van der Waals surface area contributed by atoms with Gasteiger partial charge in [-0.1, -0.05) is 24.3 Å². The summed E-state index contributed by atoms with van der Waals surface area (Å²) in [6.07, 6.45) is 2.35. The lowest BCUT2D eigenvalue weighted by atomic mass is 10.1. The Morgan fingerprint density at radius 3 is 2.73 bits per heavy atom. The fraction of sp³-hybridized carbons (Fsp3) is 0.385. The normalized spacial score (nSPS) is 14.3. The molecule has 1 fully saturated rings. The molecule has 0 aliphatic carbocycles. The van der Waals surface area contributed by atoms with Crippen LogP contribution in [0.3, 0.4) is 0 Å². The van der Waals surface area contributed by atoms with E-state index >= 15 is 0 Å². The number of benzene rings is 2. The lowest BCUT2D eigenvalue weighted by Gasteiger charge is -2.37. The van der Waals surface area contributed by atoms with Crippen molar-refractivity contribution in [1.29, 1.82) is 0 Å². The Kier molecular flexibility index (Phi) is 7.96. The highest BCUT2D eigenvalue weighted by Crippen LogP contribution is 2.24. The number of rotatable bonds is 9. The number of carbonyl (C=O) groups is 1. The molecule has 2 heterocycles. The number of nitrogens with zero attached hydrogens (tertiary/aromatic N) is 3. The first-order valence-electron chi connectivity index (χ1n) is 11.5. The molecule has 33 heavy (non-hydrogen) atoms. The molecule has 174 valence electrons. The molecule has 1 aliphatic rings. The van der Waals surface area contributed by atoms with E-state index in [2.05, 4.69) is 70.3 Å². The van der Waals surface area contributed by atoms with Gasteiger partial charge in [-0.05, 0) is 55.2 Å². The Morgan fingerprint density at radius 2 is 1.94 bits per heavy atom. The van der Waals surface area contributed by atoms with Crippen molar-refractivity contribution >= 4 is 22.9 Å². The number of ether oxygens (including phenoxy) is 1. The van der Waals surface area contributed by atoms with Crippen LogP contribution in [0, 0.1) is 13.8 Å². The minimum atomic E-state index is -0.0721. The Morgan fingerprint density at radius 1 is 1.12 bits per heavy atom. The van der Waals surface area contributed by atoms with Gasteiger partial charge in [0.15, 0.2) is 0 Å². The number of aryl methyl sites for hydroxylation is 1. The summed E-state index contributed by atoms with van der Waals surface area (Å²) in [5.41, 5.74) is 7.04. The molecule has 6 nitrogen and oxygen atoms in total. The third-order valence-electron chi connectivity index (χ3n) is 6.13. The quantitative estimate of drug-likeness (QED) is 0.479. The summed E-state index contributed by atoms with van der Waals surface area (Å²) < 4.78 is 5.92. The van der Waals surface area contributed by atoms with Crippen molar-refractivity contribution in [3.63, 3.8) is 0 Å². The van der Waals surface area contributed by atoms with E-state index in [9.17, 15) is 4.79 Å². The van der Waals surface area contributed by atoms with Gasteiger partial charge in [0.1, 0.15) is 10.6 Å². The predicted octanol–water partition coefficient (Wildman–Crippen LogP) is 4.28. The molecule has 0 radical (unpaired) electrons. The average Bonchev–Trinajstić information content (AvgIpc) is 3.37. The summed E-state index contributed by atoms with van der Waals surface area (Å²) in [6, 6.07) is 14.9. The summed E-state index contributed by atoms with van der Waals surface area (Å²) in [5, 5.41) is 2.90. The topological polar surface area (TPSA) is 57.7 Å². The van der Waals surface area contributed by atoms with Gasteiger partial charge in [0.25, 0.3) is 5.91 Å². The standard InChI is InChI=1S/C26H32N4O2S/c1-20-6-3-9-24(21(20)2)30-13-11-29(12-14-30)18-22-7-4-8-23(16-22)32-15-5-10-28-26(31)25-17-27-19-33-25/h3-4,6-9,16-17,19H,5,10-15,18H2,1-2H3,(H,28,31). The van der Waals surface area contributed by atoms with E-state index in [4.69, 9.17) is 4.74 Å². The van der Waals surface area contributed by atoms with Crippen LogP contribution in [0.25, 0.3) is 0 Å². The summed E-state index contributed by atoms with van der Waals surface area (Å²) in [5.74, 6) is 0.812. The number of amides is 1. The minimum Gasteiger partial charge on any atom is -0.494 e. The molecule has 0 spiro atoms. The summed E-state index contributed by atoms with van der Waals surface area (Å²) in [7, 11) is 0. The van der Waals surface area contributed by atoms with Gasteiger partial charge in [-0.25, -0.2) is 0 Å². The number of anilines is 1. The summed E-state index contributed by atoms with van der Waals surface area (Å²) >= 11 is 1.35. The molecule has 1 aromatic heterocycles. The molecular weight excluding hydrogens is 432 g/mol. The van der Waals surface area contributed by atoms with Gasteiger partial charge < -0.3 is 15.0 Å². The molecule has 1 saturated heterocycles. The zero-order chi connectivity index (χ0) is 23.0. The predicted molar refractivity (Wildman–Crippen MR) is 134 cm³/mol. The maximum Gasteiger partial charge on any atom is 0.262 e. The number of carbonyl (C=O) groups excluding carboxylic acids is 1. The Hall–Kier alpha value is -2.90. The first-order valence-corrected chi connectivity index (χ1v) is 12.4. The van der Waals surface area contributed by atoms with E-state index < -0.39 is 0 Å². The monoisotopic (exact) mass is 464 g/mol. The van der Waals surface area contributed by atoms with Crippen LogP contribution in [-0.2, 0) is 6.54 Å². The second-order valence-electron chi connectivity index (χ2n) is 8.45. The van der Waals surface area contributed by atoms with E-state index in [1.165, 1.54) is 33.7 Å². The van der Waals surface area contributed by atoms with Crippen LogP contribution in [-0.4, -0.2) is 55.1 Å². The van der Waals surface area contributed by atoms with Crippen LogP contribution >= 0.6 is 11.3 Å². The van der Waals surface area contributed by atoms with Gasteiger partial charge >= 0.3 is 0 Å². The maximum atomic E-state index is 11.9. The van der Waals surface area contributed by atoms with Crippen molar-refractivity contribution in [2.45, 2.75) is 26.8 Å². The second kappa shape index (κ2) is 11.3. The molecule has 0 saturated carbocycles. The van der Waals surface area contributed by atoms with Crippen LogP contribution in [0.2, 0.25) is 0 Å². The number of thiazole rings is 1. The highest BCUT2D eigenvalue weighted by atomic mass is 32.1. The number of nitrogens with one attached hydrogen (secondary N) is 1. The van der Waals surface area contributed by atoms with E-state index in [-0.39, 0.29) is 5.91 Å². The molecule has 0 bridgehead atoms. The fourth-order valence-corrected chi connectivity index (χ4v) is 4.63. The first-order chi connectivity index (χ1) is 16.1. The lowest BCUT2D eigenvalue weighted by molar-refractivity contribution is 0.0955. The lowest BCUT2D eigenvalue weighted by Crippen LogP contribution is -2.46. The average molecular weight is 465 g/mol. The number of hydrogen-bond donors (Lipinski definition) is 1. The molecule has 4 rings (SSSR count). The SMILES string of the molecule is Cc1cccc(N2CCN(Cc3cccc(OCCCNC(=O)c4cncs4)c3)CC2)c1C. The number of piperazine rings is 1. The van der Waals surface area contributed by atoms with Gasteiger partial charge in [0.2, 0.25) is 0 Å². The molecule has 1 aliphatic heterocycles. The Labute approximate surface area is 200 Å². The van der Waals surface area contributed by atoms with Gasteiger partial charge in [-0.2, -0.15) is 0 Å². The van der Waals surface area contributed by atoms with Crippen LogP contribution < -0.4 is 15.0 Å². The largest absolute Gasteiger partial charge is 0.494 e. The van der Waals surface area contributed by atoms with Gasteiger partial charge in [-0.3, -0.25) is 14.7 Å². The molecule has 0 unspecified atom stereocenters. The molecule has 7 heteroatoms. The van der Waals surface area contributed by atoms with Crippen molar-refractivity contribution in [3.8, 4) is 5.75 Å². The highest BCUT2D eigenvalue weighted by Gasteiger charge is 2.19. The summed E-state index contributed by atoms with van der Waals surface area (Å²) in [6.45, 7) is 10.7. The van der Waals surface area contributed by atoms with Crippen molar-refractivity contribution in [3.05, 3.63) is 75.7 Å². The molecule has 0 atom stereocenters. The van der Waals surface area contributed by atoms with E-state index in [1.54, 1.807) is 11.7 Å². The second-order valence-corrected chi connectivity index (χ2v) is 9.34. The Balaban J connectivity index is 1.19. The highest BCUT2D eigenvalue weighted by molar-refractivity contribution is 7.11. The third-order valence-corrected chi connectivity index (χ3v) is 6.90. The Bertz CT molecular complexity index is 1050. The molecular formula is C26H32N4O2S. The molecule has 1 amide bonds. The van der Waals surface area contributed by atoms with Gasteiger partial charge in [0, 0.05) is 45.0 Å². The van der Waals surface area contributed by atoms with Crippen molar-refractivity contribution in [1.82, 2.24) is 15.2 Å².